The van der Waals surface area contributed by atoms with Crippen molar-refractivity contribution in [3.63, 3.8) is 0 Å². The monoisotopic (exact) mass is 624 g/mol. The second kappa shape index (κ2) is 14.0. The van der Waals surface area contributed by atoms with Gasteiger partial charge < -0.3 is 15.4 Å². The number of hydrogen-bond donors (Lipinski definition) is 1. The zero-order valence-corrected chi connectivity index (χ0v) is 24.8. The zero-order valence-electron chi connectivity index (χ0n) is 23.3. The van der Waals surface area contributed by atoms with E-state index >= 15 is 4.39 Å². The van der Waals surface area contributed by atoms with Crippen LogP contribution in [0.4, 0.5) is 17.6 Å². The van der Waals surface area contributed by atoms with Crippen LogP contribution in [0.2, 0.25) is 10.0 Å². The number of carbonyl (C=O) groups excluding carboxylic acids is 3. The van der Waals surface area contributed by atoms with Gasteiger partial charge in [0, 0.05) is 18.6 Å². The second-order valence-corrected chi connectivity index (χ2v) is 11.1. The lowest BCUT2D eigenvalue weighted by molar-refractivity contribution is -0.153. The maximum Gasteiger partial charge on any atom is 0.433 e. The molecule has 0 radical (unpaired) electrons. The number of nitrogens with zero attached hydrogens (tertiary/aromatic N) is 3. The summed E-state index contributed by atoms with van der Waals surface area (Å²) < 4.78 is 63.3. The lowest BCUT2D eigenvalue weighted by Gasteiger charge is -2.34. The molecule has 1 saturated carbocycles. The Morgan fingerprint density at radius 3 is 2.12 bits per heavy atom. The van der Waals surface area contributed by atoms with Crippen molar-refractivity contribution in [2.75, 3.05) is 20.2 Å². The highest BCUT2D eigenvalue weighted by atomic mass is 35.5. The van der Waals surface area contributed by atoms with E-state index in [1.165, 1.54) is 21.0 Å². The predicted octanol–water partition coefficient (Wildman–Crippen LogP) is 5.90. The molecule has 2 N–H and O–H groups in total. The van der Waals surface area contributed by atoms with Crippen LogP contribution in [0.1, 0.15) is 69.7 Å². The highest BCUT2D eigenvalue weighted by Crippen LogP contribution is 2.39. The minimum absolute atomic E-state index is 0.0822. The molecule has 1 aromatic heterocycles. The van der Waals surface area contributed by atoms with Crippen LogP contribution in [-0.2, 0) is 14.3 Å². The Morgan fingerprint density at radius 1 is 1.15 bits per heavy atom. The van der Waals surface area contributed by atoms with Crippen LogP contribution in [0.5, 0.6) is 0 Å². The van der Waals surface area contributed by atoms with Crippen molar-refractivity contribution in [2.24, 2.45) is 16.1 Å². The van der Waals surface area contributed by atoms with E-state index in [1.54, 1.807) is 6.92 Å². The average molecular weight is 625 g/mol. The smallest absolute Gasteiger partial charge is 0.433 e. The number of rotatable bonds is 11. The highest BCUT2D eigenvalue weighted by molar-refractivity contribution is 6.39. The van der Waals surface area contributed by atoms with Gasteiger partial charge in [-0.05, 0) is 45.4 Å². The number of hydrogen-bond acceptors (Lipinski definition) is 7. The van der Waals surface area contributed by atoms with Crippen LogP contribution in [0.3, 0.4) is 0 Å². The molecular weight excluding hydrogens is 591 g/mol. The molecule has 0 atom stereocenters. The number of amides is 1. The van der Waals surface area contributed by atoms with Gasteiger partial charge in [0.15, 0.2) is 11.5 Å². The first-order valence-electron chi connectivity index (χ1n) is 13.0. The summed E-state index contributed by atoms with van der Waals surface area (Å²) in [6, 6.07) is -0.872. The number of esters is 1. The fraction of sp³-hybridized carbons (Fsp3) is 0.593. The lowest BCUT2D eigenvalue weighted by atomic mass is 9.74. The molecule has 1 fully saturated rings. The van der Waals surface area contributed by atoms with E-state index in [9.17, 15) is 27.6 Å². The Hall–Kier alpha value is -2.73. The van der Waals surface area contributed by atoms with Gasteiger partial charge in [0.2, 0.25) is 0 Å². The fourth-order valence-electron chi connectivity index (χ4n) is 4.66. The number of pyridine rings is 1. The normalized spacial score (nSPS) is 20.5. The number of ether oxygens (including phenoxy) is 1. The minimum Gasteiger partial charge on any atom is -0.469 e. The molecule has 1 aromatic rings. The Kier molecular flexibility index (Phi) is 11.7. The van der Waals surface area contributed by atoms with Crippen LogP contribution in [-0.4, -0.2) is 71.3 Å². The summed E-state index contributed by atoms with van der Waals surface area (Å²) in [5, 5.41) is -0.286. The van der Waals surface area contributed by atoms with Gasteiger partial charge in [-0.15, -0.1) is 0 Å². The van der Waals surface area contributed by atoms with E-state index in [0.717, 1.165) is 12.4 Å². The summed E-state index contributed by atoms with van der Waals surface area (Å²) >= 11 is 12.1. The number of aromatic nitrogens is 1. The maximum absolute atomic E-state index is 15.5. The van der Waals surface area contributed by atoms with E-state index in [1.807, 2.05) is 0 Å². The summed E-state index contributed by atoms with van der Waals surface area (Å²) in [4.78, 5) is 47.1. The molecule has 1 heterocycles. The molecule has 228 valence electrons. The number of aliphatic imine (C=N–C) groups is 1. The van der Waals surface area contributed by atoms with Crippen molar-refractivity contribution < 1.29 is 36.7 Å². The van der Waals surface area contributed by atoms with Crippen LogP contribution in [0.15, 0.2) is 29.2 Å². The molecule has 1 amide bonds. The molecule has 0 unspecified atom stereocenters. The number of halogens is 6. The van der Waals surface area contributed by atoms with Gasteiger partial charge in [-0.1, -0.05) is 37.0 Å². The molecule has 0 bridgehead atoms. The average Bonchev–Trinajstić information content (AvgIpc) is 2.92. The Labute approximate surface area is 246 Å². The number of nitrogens with two attached hydrogens (primary N) is 1. The molecule has 0 aromatic carbocycles. The quantitative estimate of drug-likeness (QED) is 0.108. The van der Waals surface area contributed by atoms with Crippen molar-refractivity contribution in [3.8, 4) is 0 Å². The summed E-state index contributed by atoms with van der Waals surface area (Å²) in [6.07, 6.45) is -1.85. The number of methoxy groups -OCH3 is 1. The van der Waals surface area contributed by atoms with Gasteiger partial charge in [-0.3, -0.25) is 24.4 Å². The van der Waals surface area contributed by atoms with Crippen LogP contribution >= 0.6 is 23.2 Å². The third-order valence-electron chi connectivity index (χ3n) is 7.46. The zero-order chi connectivity index (χ0) is 31.2. The van der Waals surface area contributed by atoms with E-state index in [2.05, 4.69) is 9.98 Å². The third kappa shape index (κ3) is 8.41. The van der Waals surface area contributed by atoms with Gasteiger partial charge in [-0.25, -0.2) is 4.39 Å². The van der Waals surface area contributed by atoms with Gasteiger partial charge in [0.25, 0.3) is 5.91 Å². The first-order valence-corrected chi connectivity index (χ1v) is 13.8. The number of ketones is 1. The molecule has 14 heteroatoms. The summed E-state index contributed by atoms with van der Waals surface area (Å²) in [5.41, 5.74) is -0.118. The molecule has 0 spiro atoms. The first-order chi connectivity index (χ1) is 19.1. The largest absolute Gasteiger partial charge is 0.469 e. The molecule has 1 aliphatic carbocycles. The fourth-order valence-corrected chi connectivity index (χ4v) is 5.24. The van der Waals surface area contributed by atoms with Gasteiger partial charge >= 0.3 is 12.1 Å². The number of alkyl halides is 4. The number of Topliss-reactive ketones (excluding diaryl/α,β-unsaturated/α-hetero) is 1. The van der Waals surface area contributed by atoms with E-state index < -0.39 is 65.3 Å². The second-order valence-electron chi connectivity index (χ2n) is 10.3. The van der Waals surface area contributed by atoms with Gasteiger partial charge in [0.05, 0.1) is 52.8 Å². The Morgan fingerprint density at radius 2 is 1.68 bits per heavy atom. The van der Waals surface area contributed by atoms with Gasteiger partial charge in [0.1, 0.15) is 5.67 Å². The van der Waals surface area contributed by atoms with Crippen LogP contribution in [0.25, 0.3) is 0 Å². The van der Waals surface area contributed by atoms with Gasteiger partial charge in [-0.2, -0.15) is 13.2 Å². The number of carbonyl (C=O) groups is 3. The molecular formula is C27H34Cl2F4N4O4. The topological polar surface area (TPSA) is 115 Å². The van der Waals surface area contributed by atoms with E-state index in [0.29, 0.717) is 11.1 Å². The van der Waals surface area contributed by atoms with E-state index in [-0.39, 0.29) is 54.1 Å². The maximum atomic E-state index is 15.5. The summed E-state index contributed by atoms with van der Waals surface area (Å²) in [5.74, 6) is -2.64. The summed E-state index contributed by atoms with van der Waals surface area (Å²) in [7, 11) is 1.24. The van der Waals surface area contributed by atoms with Crippen LogP contribution in [0, 0.1) is 5.41 Å². The Balaban J connectivity index is 2.49. The lowest BCUT2D eigenvalue weighted by Crippen LogP contribution is -2.47. The molecule has 1 aliphatic rings. The standard InChI is InChI=1S/C27H34Cl2F4N4O4/c1-5-26(30,6-2)15-37(14-20(38)21-18(28)12-35-13-19(21)29)23(39)17(11-34)22(27(31,32)33)36-16-7-9-25(3,10-8-16)24(40)41-4/h11-13,16H,5-10,14-15,34H2,1-4H3. The molecule has 8 nitrogen and oxygen atoms in total. The first kappa shape index (κ1) is 34.5. The molecule has 0 aliphatic heterocycles. The predicted molar refractivity (Wildman–Crippen MR) is 148 cm³/mol. The Bertz CT molecular complexity index is 1170. The van der Waals surface area contributed by atoms with Crippen molar-refractivity contribution in [1.29, 1.82) is 0 Å². The van der Waals surface area contributed by atoms with Crippen molar-refractivity contribution in [2.45, 2.75) is 77.2 Å². The summed E-state index contributed by atoms with van der Waals surface area (Å²) in [6.45, 7) is 3.15. The third-order valence-corrected chi connectivity index (χ3v) is 8.04. The van der Waals surface area contributed by atoms with Crippen molar-refractivity contribution in [1.82, 2.24) is 9.88 Å². The molecule has 2 rings (SSSR count). The van der Waals surface area contributed by atoms with Crippen molar-refractivity contribution in [3.05, 3.63) is 39.8 Å². The SMILES string of the molecule is CCC(F)(CC)CN(CC(=O)c1c(Cl)cncc1Cl)C(=O)C(=CN)C(=NC1CCC(C)(C(=O)OC)CC1)C(F)(F)F. The minimum atomic E-state index is -5.11. The van der Waals surface area contributed by atoms with Crippen molar-refractivity contribution >= 4 is 46.6 Å². The highest BCUT2D eigenvalue weighted by Gasteiger charge is 2.45. The van der Waals surface area contributed by atoms with E-state index in [4.69, 9.17) is 33.7 Å². The molecule has 0 saturated heterocycles. The molecule has 41 heavy (non-hydrogen) atoms. The van der Waals surface area contributed by atoms with Crippen LogP contribution < -0.4 is 5.73 Å².